The van der Waals surface area contributed by atoms with E-state index < -0.39 is 0 Å². The van der Waals surface area contributed by atoms with Crippen LogP contribution in [0, 0.1) is 0 Å². The summed E-state index contributed by atoms with van der Waals surface area (Å²) in [6.07, 6.45) is 3.11. The lowest BCUT2D eigenvalue weighted by atomic mass is 10.1. The van der Waals surface area contributed by atoms with Crippen LogP contribution in [0.25, 0.3) is 10.9 Å². The van der Waals surface area contributed by atoms with Crippen LogP contribution in [0.1, 0.15) is 10.4 Å². The molecule has 1 aromatic heterocycles. The Kier molecular flexibility index (Phi) is 2.08. The quantitative estimate of drug-likeness (QED) is 0.381. The molecule has 5 nitrogen and oxygen atoms in total. The minimum Gasteiger partial charge on any atom is -0.290 e. The van der Waals surface area contributed by atoms with Gasteiger partial charge in [0.1, 0.15) is 6.33 Å². The molecule has 0 saturated carbocycles. The number of aromatic nitrogens is 2. The minimum absolute atomic E-state index is 0.323. The van der Waals surface area contributed by atoms with E-state index in [0.29, 0.717) is 5.56 Å². The van der Waals surface area contributed by atoms with E-state index in [1.807, 2.05) is 0 Å². The number of rotatable bonds is 1. The first-order valence-corrected chi connectivity index (χ1v) is 4.02. The van der Waals surface area contributed by atoms with E-state index in [2.05, 4.69) is 15.4 Å². The Labute approximate surface area is 79.9 Å². The van der Waals surface area contributed by atoms with Crippen molar-refractivity contribution in [3.05, 3.63) is 36.3 Å². The van der Waals surface area contributed by atoms with E-state index in [0.717, 1.165) is 10.9 Å². The van der Waals surface area contributed by atoms with Gasteiger partial charge < -0.3 is 0 Å². The Morgan fingerprint density at radius 1 is 1.43 bits per heavy atom. The van der Waals surface area contributed by atoms with Crippen molar-refractivity contribution in [2.75, 3.05) is 0 Å². The molecule has 0 unspecified atom stereocenters. The number of carbonyl (C=O) groups excluding carboxylic acids is 1. The number of amides is 1. The summed E-state index contributed by atoms with van der Waals surface area (Å²) in [7, 11) is 0. The van der Waals surface area contributed by atoms with E-state index in [9.17, 15) is 4.79 Å². The summed E-state index contributed by atoms with van der Waals surface area (Å²) in [5.74, 6) is 4.69. The van der Waals surface area contributed by atoms with E-state index in [4.69, 9.17) is 5.84 Å². The van der Waals surface area contributed by atoms with E-state index in [-0.39, 0.29) is 5.91 Å². The molecule has 0 aliphatic carbocycles. The molecule has 0 bridgehead atoms. The van der Waals surface area contributed by atoms with E-state index in [1.165, 1.54) is 6.33 Å². The van der Waals surface area contributed by atoms with Crippen LogP contribution >= 0.6 is 0 Å². The minimum atomic E-state index is -0.323. The fourth-order valence-electron chi connectivity index (χ4n) is 1.21. The van der Waals surface area contributed by atoms with Gasteiger partial charge in [0.25, 0.3) is 5.91 Å². The Bertz CT molecular complexity index is 483. The fraction of sp³-hybridized carbons (Fsp3) is 0. The zero-order chi connectivity index (χ0) is 9.97. The van der Waals surface area contributed by atoms with Gasteiger partial charge in [-0.25, -0.2) is 15.8 Å². The van der Waals surface area contributed by atoms with Crippen molar-refractivity contribution in [1.82, 2.24) is 15.4 Å². The number of nitrogens with one attached hydrogen (secondary N) is 1. The Morgan fingerprint density at radius 2 is 2.29 bits per heavy atom. The summed E-state index contributed by atoms with van der Waals surface area (Å²) in [6.45, 7) is 0. The molecule has 14 heavy (non-hydrogen) atoms. The van der Waals surface area contributed by atoms with Gasteiger partial charge in [0.05, 0.1) is 5.52 Å². The van der Waals surface area contributed by atoms with Crippen LogP contribution in [0.5, 0.6) is 0 Å². The Morgan fingerprint density at radius 3 is 3.07 bits per heavy atom. The van der Waals surface area contributed by atoms with Crippen molar-refractivity contribution >= 4 is 16.8 Å². The lowest BCUT2D eigenvalue weighted by molar-refractivity contribution is 0.0954. The highest BCUT2D eigenvalue weighted by atomic mass is 16.2. The van der Waals surface area contributed by atoms with Gasteiger partial charge in [-0.15, -0.1) is 0 Å². The van der Waals surface area contributed by atoms with Crippen molar-refractivity contribution in [2.45, 2.75) is 0 Å². The number of nitrogen functional groups attached to an aromatic ring is 1. The first kappa shape index (κ1) is 8.58. The molecule has 2 aromatic rings. The fourth-order valence-corrected chi connectivity index (χ4v) is 1.21. The molecule has 70 valence electrons. The lowest BCUT2D eigenvalue weighted by Crippen LogP contribution is -2.29. The van der Waals surface area contributed by atoms with Crippen LogP contribution in [0.4, 0.5) is 0 Å². The predicted molar refractivity (Wildman–Crippen MR) is 51.2 cm³/mol. The van der Waals surface area contributed by atoms with Gasteiger partial charge in [-0.05, 0) is 18.2 Å². The Balaban J connectivity index is 2.56. The van der Waals surface area contributed by atoms with Crippen LogP contribution < -0.4 is 11.3 Å². The van der Waals surface area contributed by atoms with Crippen molar-refractivity contribution in [3.63, 3.8) is 0 Å². The standard InChI is InChI=1S/C9H8N4O/c10-13-9(14)6-1-2-8-7(3-6)4-11-5-12-8/h1-5H,10H2,(H,13,14). The highest BCUT2D eigenvalue weighted by Gasteiger charge is 2.03. The van der Waals surface area contributed by atoms with Crippen molar-refractivity contribution in [3.8, 4) is 0 Å². The largest absolute Gasteiger partial charge is 0.290 e. The molecule has 3 N–H and O–H groups in total. The predicted octanol–water partition coefficient (Wildman–Crippen LogP) is 0.233. The molecule has 0 saturated heterocycles. The zero-order valence-corrected chi connectivity index (χ0v) is 7.27. The molecule has 0 radical (unpaired) electrons. The molecule has 0 aliphatic heterocycles. The molecule has 1 aromatic carbocycles. The average molecular weight is 188 g/mol. The zero-order valence-electron chi connectivity index (χ0n) is 7.27. The summed E-state index contributed by atoms with van der Waals surface area (Å²) >= 11 is 0. The molecular formula is C9H8N4O. The number of nitrogens with zero attached hydrogens (tertiary/aromatic N) is 2. The summed E-state index contributed by atoms with van der Waals surface area (Å²) in [4.78, 5) is 19.1. The topological polar surface area (TPSA) is 80.9 Å². The third-order valence-corrected chi connectivity index (χ3v) is 1.90. The second-order valence-electron chi connectivity index (χ2n) is 2.77. The van der Waals surface area contributed by atoms with Gasteiger partial charge in [-0.1, -0.05) is 0 Å². The van der Waals surface area contributed by atoms with Crippen LogP contribution in [-0.2, 0) is 0 Å². The molecule has 0 spiro atoms. The number of fused-ring (bicyclic) bond motifs is 1. The van der Waals surface area contributed by atoms with E-state index in [1.54, 1.807) is 24.4 Å². The first-order chi connectivity index (χ1) is 6.81. The number of hydrogen-bond donors (Lipinski definition) is 2. The molecule has 0 aliphatic rings. The second-order valence-corrected chi connectivity index (χ2v) is 2.77. The number of hydrazine groups is 1. The smallest absolute Gasteiger partial charge is 0.265 e. The van der Waals surface area contributed by atoms with Crippen LogP contribution in [0.3, 0.4) is 0 Å². The first-order valence-electron chi connectivity index (χ1n) is 4.02. The van der Waals surface area contributed by atoms with Crippen LogP contribution in [-0.4, -0.2) is 15.9 Å². The van der Waals surface area contributed by atoms with Crippen LogP contribution in [0.15, 0.2) is 30.7 Å². The maximum Gasteiger partial charge on any atom is 0.265 e. The highest BCUT2D eigenvalue weighted by molar-refractivity contribution is 5.97. The van der Waals surface area contributed by atoms with Gasteiger partial charge >= 0.3 is 0 Å². The second kappa shape index (κ2) is 3.39. The molecule has 1 heterocycles. The monoisotopic (exact) mass is 188 g/mol. The average Bonchev–Trinajstić information content (AvgIpc) is 2.27. The molecule has 0 atom stereocenters. The van der Waals surface area contributed by atoms with Crippen molar-refractivity contribution < 1.29 is 4.79 Å². The number of benzene rings is 1. The number of carbonyl (C=O) groups is 1. The third-order valence-electron chi connectivity index (χ3n) is 1.90. The summed E-state index contributed by atoms with van der Waals surface area (Å²) in [6, 6.07) is 5.11. The van der Waals surface area contributed by atoms with E-state index >= 15 is 0 Å². The van der Waals surface area contributed by atoms with Crippen molar-refractivity contribution in [2.24, 2.45) is 5.84 Å². The SMILES string of the molecule is NNC(=O)c1ccc2ncncc2c1. The molecule has 5 heteroatoms. The molecular weight excluding hydrogens is 180 g/mol. The van der Waals surface area contributed by atoms with Crippen molar-refractivity contribution in [1.29, 1.82) is 0 Å². The Hall–Kier alpha value is -2.01. The molecule has 0 fully saturated rings. The summed E-state index contributed by atoms with van der Waals surface area (Å²) in [5.41, 5.74) is 3.36. The third kappa shape index (κ3) is 1.40. The van der Waals surface area contributed by atoms with Gasteiger partial charge in [0.2, 0.25) is 0 Å². The number of nitrogens with two attached hydrogens (primary N) is 1. The molecule has 1 amide bonds. The van der Waals surface area contributed by atoms with Crippen LogP contribution in [0.2, 0.25) is 0 Å². The highest BCUT2D eigenvalue weighted by Crippen LogP contribution is 2.11. The van der Waals surface area contributed by atoms with Gasteiger partial charge in [-0.3, -0.25) is 10.2 Å². The summed E-state index contributed by atoms with van der Waals surface area (Å²) in [5, 5.41) is 0.814. The van der Waals surface area contributed by atoms with Gasteiger partial charge in [-0.2, -0.15) is 0 Å². The maximum absolute atomic E-state index is 11.2. The van der Waals surface area contributed by atoms with Gasteiger partial charge in [0, 0.05) is 17.1 Å². The normalized spacial score (nSPS) is 10.1. The summed E-state index contributed by atoms with van der Waals surface area (Å²) < 4.78 is 0. The number of hydrogen-bond acceptors (Lipinski definition) is 4. The molecule has 2 rings (SSSR count). The van der Waals surface area contributed by atoms with Gasteiger partial charge in [0.15, 0.2) is 0 Å². The maximum atomic E-state index is 11.2. The lowest BCUT2D eigenvalue weighted by Gasteiger charge is -2.00.